The van der Waals surface area contributed by atoms with E-state index in [0.717, 1.165) is 25.7 Å². The van der Waals surface area contributed by atoms with Gasteiger partial charge < -0.3 is 4.57 Å². The van der Waals surface area contributed by atoms with Gasteiger partial charge in [-0.1, -0.05) is 64.2 Å². The molecule has 1 N–H and O–H groups in total. The van der Waals surface area contributed by atoms with Crippen LogP contribution in [0.2, 0.25) is 5.15 Å². The molecule has 0 aliphatic heterocycles. The van der Waals surface area contributed by atoms with Crippen LogP contribution in [-0.4, -0.2) is 20.4 Å². The predicted molar refractivity (Wildman–Crippen MR) is 116 cm³/mol. The summed E-state index contributed by atoms with van der Waals surface area (Å²) >= 11 is 13.5. The van der Waals surface area contributed by atoms with E-state index in [0.29, 0.717) is 17.2 Å². The maximum Gasteiger partial charge on any atom is 0.232 e. The number of hydrogen-bond acceptors (Lipinski definition) is 3. The zero-order chi connectivity index (χ0) is 19.9. The lowest BCUT2D eigenvalue weighted by molar-refractivity contribution is -0.123. The summed E-state index contributed by atoms with van der Waals surface area (Å²) in [6, 6.07) is 8.05. The van der Waals surface area contributed by atoms with Crippen LogP contribution in [0, 0.1) is 12.3 Å². The number of aromatic nitrogens is 3. The van der Waals surface area contributed by atoms with Crippen molar-refractivity contribution in [3.8, 4) is 0 Å². The highest BCUT2D eigenvalue weighted by molar-refractivity contribution is 9.11. The first-order valence-electron chi connectivity index (χ1n) is 8.34. The molecule has 0 aliphatic rings. The molecule has 2 heterocycles. The molecule has 5 nitrogen and oxygen atoms in total. The summed E-state index contributed by atoms with van der Waals surface area (Å²) in [7, 11) is 0. The summed E-state index contributed by atoms with van der Waals surface area (Å²) in [6.45, 7) is 8.13. The van der Waals surface area contributed by atoms with Gasteiger partial charge in [-0.05, 0) is 36.8 Å². The van der Waals surface area contributed by atoms with Crippen LogP contribution in [0.4, 0.5) is 5.95 Å². The van der Waals surface area contributed by atoms with Gasteiger partial charge in [-0.25, -0.2) is 4.98 Å². The number of benzene rings is 1. The quantitative estimate of drug-likeness (QED) is 0.440. The Morgan fingerprint density at radius 3 is 2.37 bits per heavy atom. The fourth-order valence-electron chi connectivity index (χ4n) is 2.68. The zero-order valence-electron chi connectivity index (χ0n) is 15.4. The van der Waals surface area contributed by atoms with Gasteiger partial charge in [0.2, 0.25) is 11.9 Å². The average molecular weight is 515 g/mol. The van der Waals surface area contributed by atoms with E-state index in [4.69, 9.17) is 11.6 Å². The Labute approximate surface area is 179 Å². The summed E-state index contributed by atoms with van der Waals surface area (Å²) in [5.74, 6) is 0.0582. The summed E-state index contributed by atoms with van der Waals surface area (Å²) in [6.07, 6.45) is 0. The number of nitrogens with one attached hydrogen (secondary N) is 1. The fraction of sp³-hybridized carbons (Fsp3) is 0.316. The van der Waals surface area contributed by atoms with Crippen molar-refractivity contribution in [1.29, 1.82) is 0 Å². The Kier molecular flexibility index (Phi) is 5.66. The van der Waals surface area contributed by atoms with E-state index in [1.807, 2.05) is 39.8 Å². The highest BCUT2D eigenvalue weighted by Gasteiger charge is 2.23. The van der Waals surface area contributed by atoms with Crippen molar-refractivity contribution < 1.29 is 4.79 Å². The molecule has 3 aromatic rings. The van der Waals surface area contributed by atoms with Crippen molar-refractivity contribution in [3.63, 3.8) is 0 Å². The van der Waals surface area contributed by atoms with Gasteiger partial charge in [0.25, 0.3) is 0 Å². The minimum Gasteiger partial charge on any atom is -0.337 e. The molecule has 0 saturated heterocycles. The minimum absolute atomic E-state index is 0.159. The van der Waals surface area contributed by atoms with Crippen LogP contribution in [-0.2, 0) is 11.3 Å². The summed E-state index contributed by atoms with van der Waals surface area (Å²) in [5.41, 5.74) is 3.03. The first-order valence-corrected chi connectivity index (χ1v) is 10.3. The third-order valence-electron chi connectivity index (χ3n) is 4.08. The van der Waals surface area contributed by atoms with E-state index in [1.165, 1.54) is 0 Å². The van der Waals surface area contributed by atoms with Crippen molar-refractivity contribution in [2.75, 3.05) is 5.32 Å². The largest absolute Gasteiger partial charge is 0.337 e. The molecule has 0 aliphatic carbocycles. The van der Waals surface area contributed by atoms with E-state index in [9.17, 15) is 4.79 Å². The molecular formula is C19H19Br2ClN4O. The van der Waals surface area contributed by atoms with E-state index < -0.39 is 5.41 Å². The van der Waals surface area contributed by atoms with Crippen LogP contribution < -0.4 is 5.32 Å². The molecule has 3 rings (SSSR count). The third-order valence-corrected chi connectivity index (χ3v) is 5.26. The molecule has 0 spiro atoms. The summed E-state index contributed by atoms with van der Waals surface area (Å²) in [5, 5.41) is 3.05. The first-order chi connectivity index (χ1) is 12.5. The molecular weight excluding hydrogens is 495 g/mol. The molecule has 0 unspecified atom stereocenters. The van der Waals surface area contributed by atoms with Crippen LogP contribution in [0.1, 0.15) is 32.0 Å². The smallest absolute Gasteiger partial charge is 0.232 e. The lowest BCUT2D eigenvalue weighted by atomic mass is 9.96. The number of aryl methyl sites for hydroxylation is 1. The van der Waals surface area contributed by atoms with Crippen LogP contribution in [0.25, 0.3) is 11.0 Å². The Bertz CT molecular complexity index is 1020. The van der Waals surface area contributed by atoms with Gasteiger partial charge in [0, 0.05) is 26.6 Å². The number of rotatable bonds is 3. The van der Waals surface area contributed by atoms with Crippen molar-refractivity contribution in [3.05, 3.63) is 49.6 Å². The Hall–Kier alpha value is -1.44. The molecule has 0 bridgehead atoms. The van der Waals surface area contributed by atoms with Crippen LogP contribution >= 0.6 is 43.5 Å². The fourth-order valence-corrected chi connectivity index (χ4v) is 4.35. The Balaban J connectivity index is 2.01. The van der Waals surface area contributed by atoms with E-state index in [-0.39, 0.29) is 11.9 Å². The normalized spacial score (nSPS) is 11.8. The molecule has 1 amide bonds. The number of hydrogen-bond donors (Lipinski definition) is 1. The Morgan fingerprint density at radius 1 is 1.15 bits per heavy atom. The number of halogens is 3. The average Bonchev–Trinajstić information content (AvgIpc) is 2.81. The maximum absolute atomic E-state index is 12.2. The monoisotopic (exact) mass is 512 g/mol. The Morgan fingerprint density at radius 2 is 1.78 bits per heavy atom. The molecule has 1 aromatic carbocycles. The highest BCUT2D eigenvalue weighted by atomic mass is 79.9. The lowest BCUT2D eigenvalue weighted by Gasteiger charge is -2.17. The number of amides is 1. The van der Waals surface area contributed by atoms with Crippen molar-refractivity contribution in [2.24, 2.45) is 5.41 Å². The number of anilines is 1. The standard InChI is InChI=1S/C19H19Br2ClN4O/c1-10-5-14-15(26(10)9-11-6-12(20)8-13(21)7-11)16(22)24-18(23-14)25-17(27)19(2,3)4/h5-8H,9H2,1-4H3,(H,23,24,25,27). The van der Waals surface area contributed by atoms with E-state index in [2.05, 4.69) is 63.8 Å². The number of nitrogens with zero attached hydrogens (tertiary/aromatic N) is 3. The molecule has 8 heteroatoms. The van der Waals surface area contributed by atoms with Crippen molar-refractivity contribution in [1.82, 2.24) is 14.5 Å². The first kappa shape index (κ1) is 20.3. The summed E-state index contributed by atoms with van der Waals surface area (Å²) < 4.78 is 4.06. The minimum atomic E-state index is -0.541. The maximum atomic E-state index is 12.2. The van der Waals surface area contributed by atoms with E-state index >= 15 is 0 Å². The third kappa shape index (κ3) is 4.52. The zero-order valence-corrected chi connectivity index (χ0v) is 19.3. The molecule has 0 fully saturated rings. The van der Waals surface area contributed by atoms with E-state index in [1.54, 1.807) is 0 Å². The van der Waals surface area contributed by atoms with Gasteiger partial charge in [-0.15, -0.1) is 0 Å². The van der Waals surface area contributed by atoms with Gasteiger partial charge in [-0.2, -0.15) is 4.98 Å². The molecule has 2 aromatic heterocycles. The number of carbonyl (C=O) groups excluding carboxylic acids is 1. The van der Waals surface area contributed by atoms with Gasteiger partial charge in [0.05, 0.1) is 5.52 Å². The molecule has 0 atom stereocenters. The molecule has 0 saturated carbocycles. The van der Waals surface area contributed by atoms with Crippen LogP contribution in [0.15, 0.2) is 33.2 Å². The predicted octanol–water partition coefficient (Wildman–Crippen LogP) is 5.95. The highest BCUT2D eigenvalue weighted by Crippen LogP contribution is 2.28. The SMILES string of the molecule is Cc1cc2nc(NC(=O)C(C)(C)C)nc(Cl)c2n1Cc1cc(Br)cc(Br)c1. The van der Waals surface area contributed by atoms with Crippen molar-refractivity contribution >= 4 is 66.3 Å². The number of fused-ring (bicyclic) bond motifs is 1. The van der Waals surface area contributed by atoms with Crippen LogP contribution in [0.5, 0.6) is 0 Å². The second-order valence-corrected chi connectivity index (χ2v) is 9.61. The van der Waals surface area contributed by atoms with Crippen LogP contribution in [0.3, 0.4) is 0 Å². The van der Waals surface area contributed by atoms with Gasteiger partial charge in [-0.3, -0.25) is 10.1 Å². The molecule has 142 valence electrons. The topological polar surface area (TPSA) is 59.8 Å². The molecule has 27 heavy (non-hydrogen) atoms. The molecule has 0 radical (unpaired) electrons. The van der Waals surface area contributed by atoms with Gasteiger partial charge in [0.1, 0.15) is 5.52 Å². The van der Waals surface area contributed by atoms with Gasteiger partial charge in [0.15, 0.2) is 5.15 Å². The lowest BCUT2D eigenvalue weighted by Crippen LogP contribution is -2.28. The van der Waals surface area contributed by atoms with Gasteiger partial charge >= 0.3 is 0 Å². The van der Waals surface area contributed by atoms with Crippen molar-refractivity contribution in [2.45, 2.75) is 34.2 Å². The number of carbonyl (C=O) groups is 1. The second kappa shape index (κ2) is 7.53. The second-order valence-electron chi connectivity index (χ2n) is 7.43. The summed E-state index contributed by atoms with van der Waals surface area (Å²) in [4.78, 5) is 21.0.